The Morgan fingerprint density at radius 2 is 1.92 bits per heavy atom. The lowest BCUT2D eigenvalue weighted by atomic mass is 10.4. The van der Waals surface area contributed by atoms with Gasteiger partial charge in [0.25, 0.3) is 0 Å². The number of carbonyl (C=O) groups is 1. The molecular formula is C8H16N2O3. The van der Waals surface area contributed by atoms with Crippen LogP contribution in [0.25, 0.3) is 0 Å². The highest BCUT2D eigenvalue weighted by molar-refractivity contribution is 5.92. The molecule has 0 rings (SSSR count). The summed E-state index contributed by atoms with van der Waals surface area (Å²) >= 11 is 0. The van der Waals surface area contributed by atoms with Crippen molar-refractivity contribution in [2.24, 2.45) is 0 Å². The number of hydrogen-bond donors (Lipinski definition) is 1. The second-order valence-electron chi connectivity index (χ2n) is 2.38. The van der Waals surface area contributed by atoms with Crippen LogP contribution in [-0.4, -0.2) is 37.1 Å². The van der Waals surface area contributed by atoms with E-state index in [-0.39, 0.29) is 12.3 Å². The normalized spacial score (nSPS) is 9.85. The molecule has 0 aliphatic carbocycles. The van der Waals surface area contributed by atoms with Crippen molar-refractivity contribution >= 4 is 11.9 Å². The van der Waals surface area contributed by atoms with Crippen molar-refractivity contribution in [2.45, 2.75) is 20.3 Å². The number of carbonyl (C=O) groups excluding carboxylic acids is 1. The van der Waals surface area contributed by atoms with Gasteiger partial charge in [-0.05, 0) is 13.8 Å². The fraction of sp³-hybridized carbons (Fsp3) is 0.750. The van der Waals surface area contributed by atoms with Crippen LogP contribution >= 0.6 is 0 Å². The van der Waals surface area contributed by atoms with Gasteiger partial charge in [0.2, 0.25) is 5.90 Å². The predicted octanol–water partition coefficient (Wildman–Crippen LogP) is 0.800. The van der Waals surface area contributed by atoms with Gasteiger partial charge in [-0.15, -0.1) is 5.06 Å². The van der Waals surface area contributed by atoms with Gasteiger partial charge < -0.3 is 9.57 Å². The Morgan fingerprint density at radius 1 is 1.38 bits per heavy atom. The molecule has 76 valence electrons. The molecule has 0 radical (unpaired) electrons. The minimum atomic E-state index is -0.461. The largest absolute Gasteiger partial charge is 0.469 e. The number of nitrogens with one attached hydrogen (secondary N) is 1. The fourth-order valence-corrected chi connectivity index (χ4v) is 0.744. The maximum Gasteiger partial charge on any atom is 0.315 e. The number of rotatable bonds is 5. The van der Waals surface area contributed by atoms with Gasteiger partial charge in [-0.1, -0.05) is 0 Å². The van der Waals surface area contributed by atoms with E-state index in [0.717, 1.165) is 0 Å². The van der Waals surface area contributed by atoms with Gasteiger partial charge in [0.15, 0.2) is 0 Å². The number of methoxy groups -OCH3 is 1. The van der Waals surface area contributed by atoms with Crippen LogP contribution in [0.4, 0.5) is 0 Å². The Kier molecular flexibility index (Phi) is 5.88. The van der Waals surface area contributed by atoms with Crippen LogP contribution in [0.2, 0.25) is 0 Å². The van der Waals surface area contributed by atoms with E-state index in [1.807, 2.05) is 13.8 Å². The quantitative estimate of drug-likeness (QED) is 0.300. The third-order valence-electron chi connectivity index (χ3n) is 1.48. The van der Waals surface area contributed by atoms with E-state index in [4.69, 9.17) is 10.2 Å². The van der Waals surface area contributed by atoms with E-state index in [0.29, 0.717) is 13.1 Å². The molecule has 1 N–H and O–H groups in total. The third-order valence-corrected chi connectivity index (χ3v) is 1.48. The lowest BCUT2D eigenvalue weighted by Crippen LogP contribution is -2.27. The van der Waals surface area contributed by atoms with Gasteiger partial charge in [0.1, 0.15) is 6.42 Å². The fourth-order valence-electron chi connectivity index (χ4n) is 0.744. The molecule has 0 spiro atoms. The summed E-state index contributed by atoms with van der Waals surface area (Å²) in [6.45, 7) is 5.18. The van der Waals surface area contributed by atoms with Gasteiger partial charge in [0.05, 0.1) is 7.11 Å². The van der Waals surface area contributed by atoms with Gasteiger partial charge >= 0.3 is 5.97 Å². The molecule has 0 saturated heterocycles. The molecule has 0 aromatic heterocycles. The lowest BCUT2D eigenvalue weighted by Gasteiger charge is -2.18. The van der Waals surface area contributed by atoms with Crippen LogP contribution in [0.5, 0.6) is 0 Å². The summed E-state index contributed by atoms with van der Waals surface area (Å²) in [6.07, 6.45) is -0.118. The monoisotopic (exact) mass is 188 g/mol. The van der Waals surface area contributed by atoms with E-state index in [2.05, 4.69) is 4.74 Å². The molecule has 0 bridgehead atoms. The highest BCUT2D eigenvalue weighted by Gasteiger charge is 2.09. The zero-order chi connectivity index (χ0) is 10.3. The number of ether oxygens (including phenoxy) is 1. The van der Waals surface area contributed by atoms with Crippen molar-refractivity contribution in [1.29, 1.82) is 5.41 Å². The van der Waals surface area contributed by atoms with Crippen LogP contribution < -0.4 is 0 Å². The second-order valence-corrected chi connectivity index (χ2v) is 2.38. The highest BCUT2D eigenvalue weighted by atomic mass is 16.7. The van der Waals surface area contributed by atoms with Gasteiger partial charge in [-0.25, -0.2) is 0 Å². The number of hydrogen-bond acceptors (Lipinski definition) is 5. The van der Waals surface area contributed by atoms with Crippen molar-refractivity contribution in [1.82, 2.24) is 5.06 Å². The maximum absolute atomic E-state index is 10.7. The molecule has 0 aromatic rings. The molecule has 13 heavy (non-hydrogen) atoms. The minimum absolute atomic E-state index is 0.0875. The molecule has 5 heteroatoms. The van der Waals surface area contributed by atoms with Gasteiger partial charge in [-0.3, -0.25) is 10.2 Å². The van der Waals surface area contributed by atoms with Crippen molar-refractivity contribution in [2.75, 3.05) is 20.2 Å². The molecule has 0 atom stereocenters. The lowest BCUT2D eigenvalue weighted by molar-refractivity contribution is -0.140. The van der Waals surface area contributed by atoms with Crippen LogP contribution in [-0.2, 0) is 14.4 Å². The Balaban J connectivity index is 3.79. The van der Waals surface area contributed by atoms with Gasteiger partial charge in [0, 0.05) is 13.1 Å². The van der Waals surface area contributed by atoms with Crippen molar-refractivity contribution in [3.8, 4) is 0 Å². The van der Waals surface area contributed by atoms with E-state index < -0.39 is 5.97 Å². The third kappa shape index (κ3) is 5.19. The molecule has 0 saturated carbocycles. The summed E-state index contributed by atoms with van der Waals surface area (Å²) in [6, 6.07) is 0. The van der Waals surface area contributed by atoms with Crippen LogP contribution in [0.1, 0.15) is 20.3 Å². The summed E-state index contributed by atoms with van der Waals surface area (Å²) in [7, 11) is 1.28. The molecule has 0 unspecified atom stereocenters. The summed E-state index contributed by atoms with van der Waals surface area (Å²) in [5.74, 6) is -0.548. The Morgan fingerprint density at radius 3 is 2.31 bits per heavy atom. The predicted molar refractivity (Wildman–Crippen MR) is 48.4 cm³/mol. The molecule has 0 aliphatic heterocycles. The number of esters is 1. The van der Waals surface area contributed by atoms with Crippen LogP contribution in [0.15, 0.2) is 0 Å². The molecular weight excluding hydrogens is 172 g/mol. The highest BCUT2D eigenvalue weighted by Crippen LogP contribution is 1.95. The zero-order valence-electron chi connectivity index (χ0n) is 8.29. The smallest absolute Gasteiger partial charge is 0.315 e. The first-order valence-electron chi connectivity index (χ1n) is 4.21. The van der Waals surface area contributed by atoms with Crippen LogP contribution in [0.3, 0.4) is 0 Å². The van der Waals surface area contributed by atoms with Crippen molar-refractivity contribution in [3.63, 3.8) is 0 Å². The first-order valence-corrected chi connectivity index (χ1v) is 4.21. The Hall–Kier alpha value is -1.10. The van der Waals surface area contributed by atoms with E-state index in [9.17, 15) is 4.79 Å². The Labute approximate surface area is 78.1 Å². The van der Waals surface area contributed by atoms with Crippen molar-refractivity contribution in [3.05, 3.63) is 0 Å². The maximum atomic E-state index is 10.7. The van der Waals surface area contributed by atoms with Gasteiger partial charge in [-0.2, -0.15) is 0 Å². The zero-order valence-corrected chi connectivity index (χ0v) is 8.29. The topological polar surface area (TPSA) is 62.6 Å². The first-order chi connectivity index (χ1) is 6.13. The Bertz CT molecular complexity index is 178. The van der Waals surface area contributed by atoms with E-state index in [1.54, 1.807) is 5.06 Å². The van der Waals surface area contributed by atoms with E-state index >= 15 is 0 Å². The molecule has 0 aromatic carbocycles. The molecule has 0 aliphatic rings. The van der Waals surface area contributed by atoms with Crippen molar-refractivity contribution < 1.29 is 14.4 Å². The number of hydroxylamine groups is 2. The second kappa shape index (κ2) is 6.42. The van der Waals surface area contributed by atoms with E-state index in [1.165, 1.54) is 7.11 Å². The number of nitrogens with zero attached hydrogens (tertiary/aromatic N) is 1. The SMILES string of the molecule is CCN(CC)OC(=N)CC(=O)OC. The molecule has 0 heterocycles. The summed E-state index contributed by atoms with van der Waals surface area (Å²) in [4.78, 5) is 15.8. The minimum Gasteiger partial charge on any atom is -0.469 e. The summed E-state index contributed by atoms with van der Waals surface area (Å²) < 4.78 is 4.39. The standard InChI is InChI=1S/C8H16N2O3/c1-4-10(5-2)13-7(9)6-8(11)12-3/h9H,4-6H2,1-3H3. The molecule has 0 amide bonds. The first kappa shape index (κ1) is 11.9. The van der Waals surface area contributed by atoms with Crippen LogP contribution in [0, 0.1) is 5.41 Å². The molecule has 5 nitrogen and oxygen atoms in total. The average Bonchev–Trinajstić information content (AvgIpc) is 2.13. The summed E-state index contributed by atoms with van der Waals surface area (Å²) in [5.41, 5.74) is 0. The summed E-state index contributed by atoms with van der Waals surface area (Å²) in [5, 5.41) is 8.88. The average molecular weight is 188 g/mol. The molecule has 0 fully saturated rings.